The second-order valence-electron chi connectivity index (χ2n) is 9.34. The first kappa shape index (κ1) is 23.9. The standard InChI is InChI=1S/C25H34FN3O3/c1-16(27-24(30)28-25(2,3)4)23-20-14-22(32-6)21(31-5)13-18(20)10-11-29(23)15-17-8-7-9-19(26)12-17/h7-9,12-14,16,23H,10-11,15H2,1-6H3,(H2,27,28,30). The number of methoxy groups -OCH3 is 2. The van der Waals surface area contributed by atoms with Crippen LogP contribution in [0.1, 0.15) is 50.4 Å². The largest absolute Gasteiger partial charge is 0.493 e. The molecule has 0 aromatic heterocycles. The summed E-state index contributed by atoms with van der Waals surface area (Å²) in [5, 5.41) is 6.07. The van der Waals surface area contributed by atoms with E-state index in [1.54, 1.807) is 26.4 Å². The number of urea groups is 1. The first-order valence-electron chi connectivity index (χ1n) is 10.9. The number of fused-ring (bicyclic) bond motifs is 1. The molecule has 2 aromatic carbocycles. The Morgan fingerprint density at radius 3 is 2.50 bits per heavy atom. The second-order valence-corrected chi connectivity index (χ2v) is 9.34. The van der Waals surface area contributed by atoms with Crippen LogP contribution in [0.4, 0.5) is 9.18 Å². The summed E-state index contributed by atoms with van der Waals surface area (Å²) in [4.78, 5) is 14.9. The van der Waals surface area contributed by atoms with Crippen molar-refractivity contribution in [3.8, 4) is 11.5 Å². The number of ether oxygens (including phenoxy) is 2. The molecule has 174 valence electrons. The maximum absolute atomic E-state index is 13.8. The van der Waals surface area contributed by atoms with Gasteiger partial charge in [0.1, 0.15) is 5.82 Å². The van der Waals surface area contributed by atoms with E-state index in [0.29, 0.717) is 18.0 Å². The van der Waals surface area contributed by atoms with Gasteiger partial charge in [-0.15, -0.1) is 0 Å². The number of halogens is 1. The van der Waals surface area contributed by atoms with Gasteiger partial charge in [0, 0.05) is 24.7 Å². The molecule has 0 bridgehead atoms. The highest BCUT2D eigenvalue weighted by molar-refractivity contribution is 5.75. The number of amides is 2. The third-order valence-electron chi connectivity index (χ3n) is 5.62. The molecular weight excluding hydrogens is 409 g/mol. The lowest BCUT2D eigenvalue weighted by atomic mass is 9.87. The first-order valence-corrected chi connectivity index (χ1v) is 10.9. The summed E-state index contributed by atoms with van der Waals surface area (Å²) >= 11 is 0. The number of nitrogens with zero attached hydrogens (tertiary/aromatic N) is 1. The van der Waals surface area contributed by atoms with Gasteiger partial charge in [0.25, 0.3) is 0 Å². The molecule has 0 saturated heterocycles. The lowest BCUT2D eigenvalue weighted by molar-refractivity contribution is 0.142. The molecule has 1 heterocycles. The van der Waals surface area contributed by atoms with Crippen LogP contribution in [0.25, 0.3) is 0 Å². The minimum absolute atomic E-state index is 0.118. The van der Waals surface area contributed by atoms with Gasteiger partial charge in [-0.25, -0.2) is 9.18 Å². The SMILES string of the molecule is COc1cc2c(cc1OC)C(C(C)NC(=O)NC(C)(C)C)N(Cc1cccc(F)c1)CC2. The van der Waals surface area contributed by atoms with E-state index in [1.807, 2.05) is 45.9 Å². The Labute approximate surface area is 190 Å². The average Bonchev–Trinajstić information content (AvgIpc) is 2.71. The molecule has 0 aliphatic carbocycles. The van der Waals surface area contributed by atoms with Gasteiger partial charge in [0.05, 0.1) is 20.3 Å². The van der Waals surface area contributed by atoms with Crippen molar-refractivity contribution in [2.75, 3.05) is 20.8 Å². The van der Waals surface area contributed by atoms with Crippen LogP contribution < -0.4 is 20.1 Å². The average molecular weight is 444 g/mol. The molecule has 2 N–H and O–H groups in total. The fraction of sp³-hybridized carbons (Fsp3) is 0.480. The fourth-order valence-electron chi connectivity index (χ4n) is 4.32. The quantitative estimate of drug-likeness (QED) is 0.693. The third kappa shape index (κ3) is 5.71. The van der Waals surface area contributed by atoms with Crippen molar-refractivity contribution in [3.05, 3.63) is 58.9 Å². The molecule has 0 spiro atoms. The van der Waals surface area contributed by atoms with Crippen molar-refractivity contribution >= 4 is 6.03 Å². The van der Waals surface area contributed by atoms with Crippen LogP contribution in [0.3, 0.4) is 0 Å². The van der Waals surface area contributed by atoms with Gasteiger partial charge in [-0.2, -0.15) is 0 Å². The highest BCUT2D eigenvalue weighted by Crippen LogP contribution is 2.40. The molecule has 2 unspecified atom stereocenters. The maximum atomic E-state index is 13.8. The van der Waals surface area contributed by atoms with Crippen molar-refractivity contribution in [2.24, 2.45) is 0 Å². The van der Waals surface area contributed by atoms with Gasteiger partial charge < -0.3 is 20.1 Å². The van der Waals surface area contributed by atoms with Crippen LogP contribution in [0, 0.1) is 5.82 Å². The van der Waals surface area contributed by atoms with Crippen molar-refractivity contribution in [3.63, 3.8) is 0 Å². The summed E-state index contributed by atoms with van der Waals surface area (Å²) in [5.41, 5.74) is 2.79. The van der Waals surface area contributed by atoms with Crippen molar-refractivity contribution in [1.82, 2.24) is 15.5 Å². The van der Waals surface area contributed by atoms with E-state index in [1.165, 1.54) is 6.07 Å². The van der Waals surface area contributed by atoms with Crippen LogP contribution in [-0.2, 0) is 13.0 Å². The molecule has 3 rings (SSSR count). The van der Waals surface area contributed by atoms with Gasteiger partial charge >= 0.3 is 6.03 Å². The molecule has 1 aliphatic heterocycles. The number of hydrogen-bond acceptors (Lipinski definition) is 4. The number of carbonyl (C=O) groups is 1. The van der Waals surface area contributed by atoms with Crippen LogP contribution in [0.15, 0.2) is 36.4 Å². The highest BCUT2D eigenvalue weighted by atomic mass is 19.1. The van der Waals surface area contributed by atoms with E-state index in [4.69, 9.17) is 9.47 Å². The van der Waals surface area contributed by atoms with E-state index in [9.17, 15) is 9.18 Å². The Kier molecular flexibility index (Phi) is 7.29. The Bertz CT molecular complexity index is 958. The monoisotopic (exact) mass is 443 g/mol. The summed E-state index contributed by atoms with van der Waals surface area (Å²) < 4.78 is 24.9. The number of rotatable bonds is 6. The zero-order valence-electron chi connectivity index (χ0n) is 19.8. The Morgan fingerprint density at radius 1 is 1.19 bits per heavy atom. The van der Waals surface area contributed by atoms with Crippen LogP contribution in [0.2, 0.25) is 0 Å². The van der Waals surface area contributed by atoms with E-state index in [-0.39, 0.29) is 29.5 Å². The number of benzene rings is 2. The lowest BCUT2D eigenvalue weighted by Crippen LogP contribution is -2.53. The Morgan fingerprint density at radius 2 is 1.88 bits per heavy atom. The lowest BCUT2D eigenvalue weighted by Gasteiger charge is -2.41. The van der Waals surface area contributed by atoms with Crippen molar-refractivity contribution in [1.29, 1.82) is 0 Å². The van der Waals surface area contributed by atoms with E-state index < -0.39 is 0 Å². The molecule has 0 saturated carbocycles. The fourth-order valence-corrected chi connectivity index (χ4v) is 4.32. The summed E-state index contributed by atoms with van der Waals surface area (Å²) in [6.45, 7) is 9.18. The summed E-state index contributed by atoms with van der Waals surface area (Å²) in [6, 6.07) is 10.1. The van der Waals surface area contributed by atoms with Crippen LogP contribution in [-0.4, -0.2) is 43.3 Å². The van der Waals surface area contributed by atoms with Gasteiger partial charge in [0.15, 0.2) is 11.5 Å². The molecule has 1 aliphatic rings. The first-order chi connectivity index (χ1) is 15.1. The van der Waals surface area contributed by atoms with Gasteiger partial charge in [0.2, 0.25) is 0 Å². The van der Waals surface area contributed by atoms with E-state index in [0.717, 1.165) is 29.7 Å². The summed E-state index contributed by atoms with van der Waals surface area (Å²) in [7, 11) is 3.24. The minimum atomic E-state index is -0.341. The molecule has 2 aromatic rings. The number of hydrogen-bond donors (Lipinski definition) is 2. The van der Waals surface area contributed by atoms with Crippen molar-refractivity contribution < 1.29 is 18.7 Å². The molecule has 0 radical (unpaired) electrons. The molecule has 7 heteroatoms. The minimum Gasteiger partial charge on any atom is -0.493 e. The van der Waals surface area contributed by atoms with Crippen LogP contribution >= 0.6 is 0 Å². The molecular formula is C25H34FN3O3. The van der Waals surface area contributed by atoms with Crippen LogP contribution in [0.5, 0.6) is 11.5 Å². The second kappa shape index (κ2) is 9.77. The smallest absolute Gasteiger partial charge is 0.315 e. The molecule has 2 amide bonds. The zero-order chi connectivity index (χ0) is 23.5. The molecule has 32 heavy (non-hydrogen) atoms. The summed E-state index contributed by atoms with van der Waals surface area (Å²) in [6.07, 6.45) is 0.822. The third-order valence-corrected chi connectivity index (χ3v) is 5.62. The van der Waals surface area contributed by atoms with Gasteiger partial charge in [-0.05, 0) is 75.1 Å². The highest BCUT2D eigenvalue weighted by Gasteiger charge is 2.34. The van der Waals surface area contributed by atoms with Gasteiger partial charge in [-0.1, -0.05) is 12.1 Å². The van der Waals surface area contributed by atoms with Crippen molar-refractivity contribution in [2.45, 2.75) is 58.3 Å². The summed E-state index contributed by atoms with van der Waals surface area (Å²) in [5.74, 6) is 1.09. The zero-order valence-corrected chi connectivity index (χ0v) is 19.8. The molecule has 0 fully saturated rings. The Balaban J connectivity index is 1.96. The topological polar surface area (TPSA) is 62.8 Å². The maximum Gasteiger partial charge on any atom is 0.315 e. The normalized spacial score (nSPS) is 17.3. The molecule has 2 atom stereocenters. The number of nitrogens with one attached hydrogen (secondary N) is 2. The Hall–Kier alpha value is -2.80. The molecule has 6 nitrogen and oxygen atoms in total. The number of carbonyl (C=O) groups excluding carboxylic acids is 1. The van der Waals surface area contributed by atoms with E-state index in [2.05, 4.69) is 15.5 Å². The van der Waals surface area contributed by atoms with Gasteiger partial charge in [-0.3, -0.25) is 4.90 Å². The predicted molar refractivity (Wildman–Crippen MR) is 124 cm³/mol. The predicted octanol–water partition coefficient (Wildman–Crippen LogP) is 4.43. The van der Waals surface area contributed by atoms with E-state index >= 15 is 0 Å².